The predicted octanol–water partition coefficient (Wildman–Crippen LogP) is 2.39. The second-order valence-electron chi connectivity index (χ2n) is 4.79. The molecule has 0 amide bonds. The van der Waals surface area contributed by atoms with E-state index in [-0.39, 0.29) is 12.0 Å². The van der Waals surface area contributed by atoms with Crippen molar-refractivity contribution in [3.8, 4) is 5.75 Å². The molecule has 0 radical (unpaired) electrons. The summed E-state index contributed by atoms with van der Waals surface area (Å²) in [6.07, 6.45) is 1.84. The molecule has 2 N–H and O–H groups in total. The van der Waals surface area contributed by atoms with Crippen molar-refractivity contribution in [2.45, 2.75) is 31.7 Å². The van der Waals surface area contributed by atoms with Gasteiger partial charge in [-0.25, -0.2) is 0 Å². The van der Waals surface area contributed by atoms with Crippen molar-refractivity contribution in [3.63, 3.8) is 0 Å². The molecule has 100 valence electrons. The maximum atomic E-state index is 5.98. The van der Waals surface area contributed by atoms with Gasteiger partial charge in [-0.05, 0) is 12.5 Å². The van der Waals surface area contributed by atoms with Crippen molar-refractivity contribution >= 4 is 0 Å². The summed E-state index contributed by atoms with van der Waals surface area (Å²) in [6, 6.07) is 7.77. The Hall–Kier alpha value is -1.88. The van der Waals surface area contributed by atoms with E-state index in [9.17, 15) is 0 Å². The Morgan fingerprint density at radius 1 is 1.42 bits per heavy atom. The number of aromatic nitrogens is 2. The molecule has 0 spiro atoms. The summed E-state index contributed by atoms with van der Waals surface area (Å²) in [4.78, 5) is 4.43. The van der Waals surface area contributed by atoms with Crippen LogP contribution in [0.3, 0.4) is 0 Å². The number of nitrogens with two attached hydrogens (primary N) is 1. The van der Waals surface area contributed by atoms with Crippen molar-refractivity contribution in [2.24, 2.45) is 5.73 Å². The number of ether oxygens (including phenoxy) is 1. The first-order chi connectivity index (χ1) is 9.29. The fraction of sp³-hybridized carbons (Fsp3) is 0.429. The van der Waals surface area contributed by atoms with Crippen LogP contribution in [0.5, 0.6) is 5.75 Å². The van der Waals surface area contributed by atoms with E-state index in [2.05, 4.69) is 17.1 Å². The summed E-state index contributed by atoms with van der Waals surface area (Å²) in [5.41, 5.74) is 7.09. The highest BCUT2D eigenvalue weighted by Gasteiger charge is 2.30. The molecular formula is C14H17N3O2. The molecule has 0 bridgehead atoms. The Kier molecular flexibility index (Phi) is 3.21. The smallest absolute Gasteiger partial charge is 0.243 e. The Balaban J connectivity index is 1.85. The van der Waals surface area contributed by atoms with Crippen LogP contribution in [-0.2, 0) is 0 Å². The van der Waals surface area contributed by atoms with Crippen LogP contribution in [0.25, 0.3) is 0 Å². The second-order valence-corrected chi connectivity index (χ2v) is 4.79. The lowest BCUT2D eigenvalue weighted by Gasteiger charge is -2.03. The zero-order chi connectivity index (χ0) is 13.2. The van der Waals surface area contributed by atoms with E-state index in [1.807, 2.05) is 24.3 Å². The lowest BCUT2D eigenvalue weighted by atomic mass is 10.0. The van der Waals surface area contributed by atoms with Gasteiger partial charge in [0.15, 0.2) is 5.82 Å². The van der Waals surface area contributed by atoms with Crippen molar-refractivity contribution in [2.75, 3.05) is 6.61 Å². The lowest BCUT2D eigenvalue weighted by Crippen LogP contribution is -2.11. The van der Waals surface area contributed by atoms with Crippen LogP contribution in [0.4, 0.5) is 0 Å². The molecule has 0 saturated carbocycles. The van der Waals surface area contributed by atoms with Gasteiger partial charge in [0.2, 0.25) is 5.89 Å². The minimum absolute atomic E-state index is 0.0440. The molecule has 1 unspecified atom stereocenters. The normalized spacial score (nSPS) is 18.9. The third-order valence-corrected chi connectivity index (χ3v) is 3.39. The topological polar surface area (TPSA) is 74.2 Å². The van der Waals surface area contributed by atoms with E-state index in [0.29, 0.717) is 18.3 Å². The van der Waals surface area contributed by atoms with E-state index in [4.69, 9.17) is 15.0 Å². The largest absolute Gasteiger partial charge is 0.492 e. The highest BCUT2D eigenvalue weighted by molar-refractivity contribution is 5.42. The summed E-state index contributed by atoms with van der Waals surface area (Å²) in [6.45, 7) is 2.64. The Bertz CT molecular complexity index is 567. The average molecular weight is 259 g/mol. The van der Waals surface area contributed by atoms with Gasteiger partial charge in [-0.1, -0.05) is 36.7 Å². The van der Waals surface area contributed by atoms with Crippen LogP contribution in [-0.4, -0.2) is 16.7 Å². The molecule has 5 heteroatoms. The van der Waals surface area contributed by atoms with Gasteiger partial charge in [-0.2, -0.15) is 4.98 Å². The molecule has 1 aromatic heterocycles. The number of rotatable bonds is 4. The van der Waals surface area contributed by atoms with Gasteiger partial charge < -0.3 is 15.0 Å². The van der Waals surface area contributed by atoms with E-state index in [0.717, 1.165) is 24.2 Å². The summed E-state index contributed by atoms with van der Waals surface area (Å²) in [5.74, 6) is 2.12. The van der Waals surface area contributed by atoms with Gasteiger partial charge in [0.05, 0.1) is 12.0 Å². The second kappa shape index (κ2) is 5.01. The SMILES string of the molecule is CCC[C@@H](N)c1nc(C2COc3ccccc32)no1. The van der Waals surface area contributed by atoms with E-state index < -0.39 is 0 Å². The number of hydrogen-bond donors (Lipinski definition) is 1. The molecule has 1 aliphatic rings. The standard InChI is InChI=1S/C14H17N3O2/c1-2-5-11(15)14-16-13(17-19-14)10-8-18-12-7-4-3-6-9(10)12/h3-4,6-7,10-11H,2,5,8,15H2,1H3/t10?,11-/m1/s1. The van der Waals surface area contributed by atoms with Gasteiger partial charge in [-0.15, -0.1) is 0 Å². The maximum Gasteiger partial charge on any atom is 0.243 e. The fourth-order valence-corrected chi connectivity index (χ4v) is 2.35. The van der Waals surface area contributed by atoms with Gasteiger partial charge in [0, 0.05) is 5.56 Å². The number of para-hydroxylation sites is 1. The van der Waals surface area contributed by atoms with Crippen LogP contribution in [0.2, 0.25) is 0 Å². The third kappa shape index (κ3) is 2.21. The van der Waals surface area contributed by atoms with Crippen molar-refractivity contribution in [1.29, 1.82) is 0 Å². The molecule has 19 heavy (non-hydrogen) atoms. The van der Waals surface area contributed by atoms with Crippen molar-refractivity contribution in [3.05, 3.63) is 41.5 Å². The minimum Gasteiger partial charge on any atom is -0.492 e. The molecule has 1 aromatic carbocycles. The monoisotopic (exact) mass is 259 g/mol. The molecule has 0 aliphatic carbocycles. The molecule has 2 heterocycles. The van der Waals surface area contributed by atoms with E-state index in [1.54, 1.807) is 0 Å². The van der Waals surface area contributed by atoms with Crippen molar-refractivity contribution < 1.29 is 9.26 Å². The number of fused-ring (bicyclic) bond motifs is 1. The number of benzene rings is 1. The number of nitrogens with zero attached hydrogens (tertiary/aromatic N) is 2. The average Bonchev–Trinajstić information content (AvgIpc) is 3.05. The van der Waals surface area contributed by atoms with Gasteiger partial charge in [0.1, 0.15) is 12.4 Å². The Morgan fingerprint density at radius 2 is 2.26 bits per heavy atom. The summed E-state index contributed by atoms with van der Waals surface area (Å²) < 4.78 is 10.9. The van der Waals surface area contributed by atoms with Gasteiger partial charge >= 0.3 is 0 Å². The van der Waals surface area contributed by atoms with Crippen LogP contribution in [0.1, 0.15) is 49.0 Å². The number of hydrogen-bond acceptors (Lipinski definition) is 5. The highest BCUT2D eigenvalue weighted by atomic mass is 16.5. The first kappa shape index (κ1) is 12.2. The predicted molar refractivity (Wildman–Crippen MR) is 69.9 cm³/mol. The Labute approximate surface area is 111 Å². The van der Waals surface area contributed by atoms with Crippen LogP contribution in [0.15, 0.2) is 28.8 Å². The summed E-state index contributed by atoms with van der Waals surface area (Å²) in [7, 11) is 0. The van der Waals surface area contributed by atoms with Gasteiger partial charge in [-0.3, -0.25) is 0 Å². The molecule has 5 nitrogen and oxygen atoms in total. The van der Waals surface area contributed by atoms with E-state index >= 15 is 0 Å². The third-order valence-electron chi connectivity index (χ3n) is 3.39. The highest BCUT2D eigenvalue weighted by Crippen LogP contribution is 2.36. The zero-order valence-electron chi connectivity index (χ0n) is 10.9. The summed E-state index contributed by atoms with van der Waals surface area (Å²) in [5, 5.41) is 4.05. The minimum atomic E-state index is -0.177. The lowest BCUT2D eigenvalue weighted by molar-refractivity contribution is 0.326. The molecular weight excluding hydrogens is 242 g/mol. The quantitative estimate of drug-likeness (QED) is 0.912. The van der Waals surface area contributed by atoms with Crippen LogP contribution >= 0.6 is 0 Å². The molecule has 0 saturated heterocycles. The van der Waals surface area contributed by atoms with Gasteiger partial charge in [0.25, 0.3) is 0 Å². The fourth-order valence-electron chi connectivity index (χ4n) is 2.35. The van der Waals surface area contributed by atoms with Crippen molar-refractivity contribution in [1.82, 2.24) is 10.1 Å². The molecule has 2 aromatic rings. The Morgan fingerprint density at radius 3 is 3.11 bits per heavy atom. The van der Waals surface area contributed by atoms with Crippen LogP contribution < -0.4 is 10.5 Å². The summed E-state index contributed by atoms with van der Waals surface area (Å²) >= 11 is 0. The molecule has 0 fully saturated rings. The van der Waals surface area contributed by atoms with E-state index in [1.165, 1.54) is 0 Å². The zero-order valence-corrected chi connectivity index (χ0v) is 10.9. The molecule has 2 atom stereocenters. The molecule has 3 rings (SSSR count). The first-order valence-electron chi connectivity index (χ1n) is 6.60. The van der Waals surface area contributed by atoms with Crippen LogP contribution in [0, 0.1) is 0 Å². The first-order valence-corrected chi connectivity index (χ1v) is 6.60. The maximum absolute atomic E-state index is 5.98. The molecule has 1 aliphatic heterocycles.